The van der Waals surface area contributed by atoms with E-state index in [9.17, 15) is 9.18 Å². The van der Waals surface area contributed by atoms with Crippen molar-refractivity contribution in [2.75, 3.05) is 26.4 Å². The summed E-state index contributed by atoms with van der Waals surface area (Å²) in [4.78, 5) is 24.0. The Morgan fingerprint density at radius 1 is 1.22 bits per heavy atom. The molecule has 0 saturated carbocycles. The Bertz CT molecular complexity index is 959. The molecule has 142 valence electrons. The number of nitrogens with zero attached hydrogens (tertiary/aromatic N) is 4. The molecule has 0 unspecified atom stereocenters. The number of aryl methyl sites for hydroxylation is 1. The second-order valence-electron chi connectivity index (χ2n) is 6.59. The zero-order valence-electron chi connectivity index (χ0n) is 15.6. The van der Waals surface area contributed by atoms with Crippen molar-refractivity contribution in [3.63, 3.8) is 0 Å². The van der Waals surface area contributed by atoms with Gasteiger partial charge in [0.1, 0.15) is 5.82 Å². The molecule has 2 heterocycles. The van der Waals surface area contributed by atoms with Gasteiger partial charge in [0, 0.05) is 24.2 Å². The number of pyridine rings is 1. The highest BCUT2D eigenvalue weighted by Gasteiger charge is 2.12. The zero-order valence-corrected chi connectivity index (χ0v) is 16.4. The maximum absolute atomic E-state index is 13.6. The van der Waals surface area contributed by atoms with Crippen LogP contribution < -0.4 is 5.56 Å². The molecule has 0 aliphatic rings. The van der Waals surface area contributed by atoms with Crippen molar-refractivity contribution in [1.29, 1.82) is 0 Å². The Balaban J connectivity index is 1.86. The van der Waals surface area contributed by atoms with Crippen LogP contribution in [-0.2, 0) is 13.0 Å². The predicted molar refractivity (Wildman–Crippen MR) is 108 cm³/mol. The fraction of sp³-hybridized carbons (Fsp3) is 0.350. The lowest BCUT2D eigenvalue weighted by molar-refractivity contribution is 0.379. The van der Waals surface area contributed by atoms with Gasteiger partial charge in [-0.3, -0.25) is 14.3 Å². The summed E-state index contributed by atoms with van der Waals surface area (Å²) in [6, 6.07) is 10.0. The Kier molecular flexibility index (Phi) is 6.58. The Labute approximate surface area is 162 Å². The molecule has 0 fully saturated rings. The van der Waals surface area contributed by atoms with Crippen LogP contribution in [0.3, 0.4) is 0 Å². The number of benzene rings is 1. The van der Waals surface area contributed by atoms with Crippen LogP contribution >= 0.6 is 11.8 Å². The van der Waals surface area contributed by atoms with Crippen LogP contribution in [0.5, 0.6) is 0 Å². The smallest absolute Gasteiger partial charge is 0.262 e. The molecule has 0 amide bonds. The molecule has 0 N–H and O–H groups in total. The Hall–Kier alpha value is -2.25. The van der Waals surface area contributed by atoms with Crippen LogP contribution in [0, 0.1) is 5.82 Å². The van der Waals surface area contributed by atoms with Crippen LogP contribution in [0.2, 0.25) is 0 Å². The van der Waals surface area contributed by atoms with Gasteiger partial charge in [0.2, 0.25) is 0 Å². The molecule has 2 aromatic heterocycles. The number of hydrogen-bond acceptors (Lipinski definition) is 5. The highest BCUT2D eigenvalue weighted by Crippen LogP contribution is 2.20. The molecule has 0 spiro atoms. The van der Waals surface area contributed by atoms with Gasteiger partial charge < -0.3 is 4.90 Å². The number of thioether (sulfide) groups is 1. The van der Waals surface area contributed by atoms with E-state index in [0.29, 0.717) is 22.6 Å². The topological polar surface area (TPSA) is 51.0 Å². The summed E-state index contributed by atoms with van der Waals surface area (Å²) in [5.74, 6) is 0.348. The molecule has 0 aliphatic heterocycles. The molecule has 0 atom stereocenters. The molecular weight excluding hydrogens is 363 g/mol. The van der Waals surface area contributed by atoms with E-state index < -0.39 is 5.82 Å². The maximum atomic E-state index is 13.6. The number of rotatable bonds is 8. The van der Waals surface area contributed by atoms with E-state index in [1.54, 1.807) is 16.8 Å². The van der Waals surface area contributed by atoms with Crippen molar-refractivity contribution in [2.45, 2.75) is 24.5 Å². The van der Waals surface area contributed by atoms with Gasteiger partial charge in [0.25, 0.3) is 5.56 Å². The van der Waals surface area contributed by atoms with Gasteiger partial charge in [0.05, 0.1) is 10.9 Å². The van der Waals surface area contributed by atoms with E-state index >= 15 is 0 Å². The predicted octanol–water partition coefficient (Wildman–Crippen LogP) is 3.22. The molecular formula is C20H23FN4OS. The lowest BCUT2D eigenvalue weighted by Crippen LogP contribution is -2.25. The molecule has 0 radical (unpaired) electrons. The second-order valence-corrected chi connectivity index (χ2v) is 7.65. The average molecular weight is 386 g/mol. The molecule has 5 nitrogen and oxygen atoms in total. The Morgan fingerprint density at radius 3 is 2.81 bits per heavy atom. The fourth-order valence-electron chi connectivity index (χ4n) is 2.82. The van der Waals surface area contributed by atoms with E-state index in [4.69, 9.17) is 0 Å². The van der Waals surface area contributed by atoms with E-state index in [0.717, 1.165) is 30.8 Å². The summed E-state index contributed by atoms with van der Waals surface area (Å²) >= 11 is 1.54. The van der Waals surface area contributed by atoms with E-state index in [1.165, 1.54) is 23.9 Å². The van der Waals surface area contributed by atoms with Crippen LogP contribution in [0.15, 0.2) is 52.5 Å². The molecule has 3 aromatic rings. The summed E-state index contributed by atoms with van der Waals surface area (Å²) in [7, 11) is 4.00. The minimum atomic E-state index is -0.420. The van der Waals surface area contributed by atoms with Crippen molar-refractivity contribution in [1.82, 2.24) is 19.4 Å². The largest absolute Gasteiger partial charge is 0.309 e. The number of hydrogen-bond donors (Lipinski definition) is 0. The molecule has 27 heavy (non-hydrogen) atoms. The molecule has 0 aliphatic carbocycles. The van der Waals surface area contributed by atoms with Gasteiger partial charge in [-0.25, -0.2) is 9.37 Å². The van der Waals surface area contributed by atoms with Gasteiger partial charge in [-0.15, -0.1) is 0 Å². The first-order valence-electron chi connectivity index (χ1n) is 8.92. The Morgan fingerprint density at radius 2 is 2.07 bits per heavy atom. The van der Waals surface area contributed by atoms with Gasteiger partial charge in [-0.1, -0.05) is 17.8 Å². The minimum absolute atomic E-state index is 0.182. The molecule has 0 bridgehead atoms. The van der Waals surface area contributed by atoms with Gasteiger partial charge in [-0.05, 0) is 63.8 Å². The minimum Gasteiger partial charge on any atom is -0.309 e. The first-order chi connectivity index (χ1) is 13.0. The van der Waals surface area contributed by atoms with Gasteiger partial charge in [-0.2, -0.15) is 0 Å². The average Bonchev–Trinajstić information content (AvgIpc) is 2.65. The standard InChI is InChI=1S/C20H23FN4OS/c1-24(2)11-5-12-25-19(26)17-14-15(21)7-8-18(17)23-20(25)27-13-9-16-6-3-4-10-22-16/h3-4,6-8,10,14H,5,9,11-13H2,1-2H3. The molecule has 7 heteroatoms. The number of aromatic nitrogens is 3. The third-order valence-corrected chi connectivity index (χ3v) is 5.16. The van der Waals surface area contributed by atoms with Crippen molar-refractivity contribution < 1.29 is 4.39 Å². The lowest BCUT2D eigenvalue weighted by atomic mass is 10.2. The monoisotopic (exact) mass is 386 g/mol. The number of halogens is 1. The lowest BCUT2D eigenvalue weighted by Gasteiger charge is -2.15. The highest BCUT2D eigenvalue weighted by atomic mass is 32.2. The third kappa shape index (κ3) is 5.14. The third-order valence-electron chi connectivity index (χ3n) is 4.18. The first-order valence-corrected chi connectivity index (χ1v) is 9.90. The first kappa shape index (κ1) is 19.5. The van der Waals surface area contributed by atoms with E-state index in [1.807, 2.05) is 32.3 Å². The van der Waals surface area contributed by atoms with Crippen LogP contribution in [0.1, 0.15) is 12.1 Å². The molecule has 0 saturated heterocycles. The van der Waals surface area contributed by atoms with Crippen LogP contribution in [0.4, 0.5) is 4.39 Å². The SMILES string of the molecule is CN(C)CCCn1c(SCCc2ccccn2)nc2ccc(F)cc2c1=O. The fourth-order valence-corrected chi connectivity index (χ4v) is 3.80. The summed E-state index contributed by atoms with van der Waals surface area (Å²) in [5, 5.41) is 1.00. The van der Waals surface area contributed by atoms with Crippen molar-refractivity contribution in [3.8, 4) is 0 Å². The molecule has 1 aromatic carbocycles. The quantitative estimate of drug-likeness (QED) is 0.439. The van der Waals surface area contributed by atoms with Crippen LogP contribution in [-0.4, -0.2) is 45.8 Å². The summed E-state index contributed by atoms with van der Waals surface area (Å²) in [6.45, 7) is 1.42. The van der Waals surface area contributed by atoms with E-state index in [2.05, 4.69) is 14.9 Å². The normalized spacial score (nSPS) is 11.4. The molecule has 3 rings (SSSR count). The number of fused-ring (bicyclic) bond motifs is 1. The van der Waals surface area contributed by atoms with Crippen molar-refractivity contribution in [3.05, 3.63) is 64.5 Å². The zero-order chi connectivity index (χ0) is 19.2. The second kappa shape index (κ2) is 9.10. The maximum Gasteiger partial charge on any atom is 0.262 e. The van der Waals surface area contributed by atoms with E-state index in [-0.39, 0.29) is 5.56 Å². The summed E-state index contributed by atoms with van der Waals surface area (Å²) in [6.07, 6.45) is 3.39. The van der Waals surface area contributed by atoms with Gasteiger partial charge >= 0.3 is 0 Å². The van der Waals surface area contributed by atoms with Crippen molar-refractivity contribution in [2.24, 2.45) is 0 Å². The van der Waals surface area contributed by atoms with Crippen LogP contribution in [0.25, 0.3) is 10.9 Å². The van der Waals surface area contributed by atoms with Crippen molar-refractivity contribution >= 4 is 22.7 Å². The van der Waals surface area contributed by atoms with Gasteiger partial charge in [0.15, 0.2) is 5.16 Å². The highest BCUT2D eigenvalue weighted by molar-refractivity contribution is 7.99. The summed E-state index contributed by atoms with van der Waals surface area (Å²) < 4.78 is 15.3. The summed E-state index contributed by atoms with van der Waals surface area (Å²) in [5.41, 5.74) is 1.36.